The van der Waals surface area contributed by atoms with Crippen LogP contribution in [0.4, 0.5) is 14.5 Å². The van der Waals surface area contributed by atoms with Gasteiger partial charge in [-0.25, -0.2) is 8.78 Å². The maximum atomic E-state index is 13.5. The van der Waals surface area contributed by atoms with Crippen molar-refractivity contribution in [3.05, 3.63) is 64.8 Å². The lowest BCUT2D eigenvalue weighted by atomic mass is 10.1. The maximum absolute atomic E-state index is 13.5. The Hall–Kier alpha value is -2.40. The average molecular weight is 307 g/mol. The van der Waals surface area contributed by atoms with Crippen LogP contribution in [0.5, 0.6) is 0 Å². The van der Waals surface area contributed by atoms with Crippen LogP contribution in [0.3, 0.4) is 0 Å². The Balaban J connectivity index is 1.94. The van der Waals surface area contributed by atoms with E-state index in [9.17, 15) is 13.6 Å². The number of aromatic nitrogens is 1. The molecule has 0 aliphatic rings. The van der Waals surface area contributed by atoms with Crippen molar-refractivity contribution in [1.29, 1.82) is 0 Å². The molecule has 106 valence electrons. The van der Waals surface area contributed by atoms with E-state index in [4.69, 9.17) is 11.6 Å². The highest BCUT2D eigenvalue weighted by Gasteiger charge is 2.14. The maximum Gasteiger partial charge on any atom is 0.257 e. The largest absolute Gasteiger partial charge is 0.360 e. The number of hydrogen-bond donors (Lipinski definition) is 2. The number of carbonyl (C=O) groups is 1. The van der Waals surface area contributed by atoms with Crippen molar-refractivity contribution in [2.75, 3.05) is 5.32 Å². The molecule has 2 aromatic carbocycles. The summed E-state index contributed by atoms with van der Waals surface area (Å²) in [7, 11) is 0. The minimum atomic E-state index is -0.828. The van der Waals surface area contributed by atoms with Crippen LogP contribution in [0.15, 0.2) is 42.6 Å². The smallest absolute Gasteiger partial charge is 0.257 e. The van der Waals surface area contributed by atoms with Gasteiger partial charge >= 0.3 is 0 Å². The Morgan fingerprint density at radius 1 is 1.14 bits per heavy atom. The number of rotatable bonds is 2. The second-order valence-electron chi connectivity index (χ2n) is 4.47. The Morgan fingerprint density at radius 3 is 2.71 bits per heavy atom. The average Bonchev–Trinajstić information content (AvgIpc) is 2.84. The van der Waals surface area contributed by atoms with Crippen LogP contribution in [0.2, 0.25) is 5.02 Å². The number of benzene rings is 2. The summed E-state index contributed by atoms with van der Waals surface area (Å²) in [5.41, 5.74) is 0.974. The van der Waals surface area contributed by atoms with Gasteiger partial charge in [0.15, 0.2) is 0 Å². The van der Waals surface area contributed by atoms with Gasteiger partial charge in [-0.05, 0) is 24.3 Å². The summed E-state index contributed by atoms with van der Waals surface area (Å²) in [5.74, 6) is -2.02. The van der Waals surface area contributed by atoms with Crippen LogP contribution < -0.4 is 5.32 Å². The second-order valence-corrected chi connectivity index (χ2v) is 4.91. The third-order valence-corrected chi connectivity index (χ3v) is 3.30. The lowest BCUT2D eigenvalue weighted by molar-refractivity contribution is 0.102. The molecule has 0 saturated heterocycles. The van der Waals surface area contributed by atoms with E-state index < -0.39 is 17.5 Å². The summed E-state index contributed by atoms with van der Waals surface area (Å²) in [6.45, 7) is 0. The Bertz CT molecular complexity index is 845. The highest BCUT2D eigenvalue weighted by atomic mass is 35.5. The molecule has 0 aliphatic heterocycles. The SMILES string of the molecule is O=C(Nc1ccc(F)cc1F)c1c[nH]c2cc(Cl)ccc12. The Kier molecular flexibility index (Phi) is 3.35. The first-order valence-electron chi connectivity index (χ1n) is 6.07. The molecular formula is C15H9ClF2N2O. The van der Waals surface area contributed by atoms with Crippen LogP contribution in [0, 0.1) is 11.6 Å². The highest BCUT2D eigenvalue weighted by Crippen LogP contribution is 2.23. The number of amides is 1. The zero-order valence-electron chi connectivity index (χ0n) is 10.6. The fraction of sp³-hybridized carbons (Fsp3) is 0. The van der Waals surface area contributed by atoms with Crippen molar-refractivity contribution in [2.45, 2.75) is 0 Å². The van der Waals surface area contributed by atoms with Crippen molar-refractivity contribution in [2.24, 2.45) is 0 Å². The molecule has 0 fully saturated rings. The molecule has 3 nitrogen and oxygen atoms in total. The molecule has 1 heterocycles. The summed E-state index contributed by atoms with van der Waals surface area (Å²) in [6.07, 6.45) is 1.51. The summed E-state index contributed by atoms with van der Waals surface area (Å²) in [5, 5.41) is 3.62. The zero-order valence-corrected chi connectivity index (χ0v) is 11.3. The number of fused-ring (bicyclic) bond motifs is 1. The fourth-order valence-electron chi connectivity index (χ4n) is 2.07. The highest BCUT2D eigenvalue weighted by molar-refractivity contribution is 6.31. The number of H-pyrrole nitrogens is 1. The van der Waals surface area contributed by atoms with E-state index in [1.165, 1.54) is 12.3 Å². The summed E-state index contributed by atoms with van der Waals surface area (Å²) < 4.78 is 26.4. The molecule has 21 heavy (non-hydrogen) atoms. The van der Waals surface area contributed by atoms with E-state index in [1.807, 2.05) is 0 Å². The van der Waals surface area contributed by atoms with Gasteiger partial charge in [0, 0.05) is 28.2 Å². The molecule has 0 spiro atoms. The van der Waals surface area contributed by atoms with Gasteiger partial charge in [-0.2, -0.15) is 0 Å². The Morgan fingerprint density at radius 2 is 1.95 bits per heavy atom. The summed E-state index contributed by atoms with van der Waals surface area (Å²) in [4.78, 5) is 15.1. The lowest BCUT2D eigenvalue weighted by Gasteiger charge is -2.05. The number of anilines is 1. The third-order valence-electron chi connectivity index (χ3n) is 3.07. The number of carbonyl (C=O) groups excluding carboxylic acids is 1. The molecule has 1 amide bonds. The molecule has 0 unspecified atom stereocenters. The monoisotopic (exact) mass is 306 g/mol. The standard InChI is InChI=1S/C15H9ClF2N2O/c16-8-1-3-10-11(7-19-14(10)5-8)15(21)20-13-4-2-9(17)6-12(13)18/h1-7,19H,(H,20,21). The number of halogens is 3. The molecule has 0 saturated carbocycles. The first kappa shape index (κ1) is 13.6. The molecule has 3 rings (SSSR count). The van der Waals surface area contributed by atoms with Gasteiger partial charge in [-0.3, -0.25) is 4.79 Å². The molecule has 0 atom stereocenters. The zero-order chi connectivity index (χ0) is 15.0. The van der Waals surface area contributed by atoms with Crippen molar-refractivity contribution >= 4 is 34.1 Å². The van der Waals surface area contributed by atoms with Crippen molar-refractivity contribution in [3.8, 4) is 0 Å². The van der Waals surface area contributed by atoms with E-state index in [-0.39, 0.29) is 5.69 Å². The summed E-state index contributed by atoms with van der Waals surface area (Å²) in [6, 6.07) is 8.01. The third kappa shape index (κ3) is 2.60. The molecule has 3 aromatic rings. The number of hydrogen-bond acceptors (Lipinski definition) is 1. The van der Waals surface area contributed by atoms with E-state index in [0.717, 1.165) is 6.07 Å². The van der Waals surface area contributed by atoms with Crippen LogP contribution >= 0.6 is 11.6 Å². The second kappa shape index (κ2) is 5.18. The fourth-order valence-corrected chi connectivity index (χ4v) is 2.24. The van der Waals surface area contributed by atoms with E-state index >= 15 is 0 Å². The molecule has 6 heteroatoms. The minimum absolute atomic E-state index is 0.0790. The molecule has 0 radical (unpaired) electrons. The van der Waals surface area contributed by atoms with Crippen LogP contribution in [-0.4, -0.2) is 10.9 Å². The van der Waals surface area contributed by atoms with Gasteiger partial charge in [0.1, 0.15) is 11.6 Å². The van der Waals surface area contributed by atoms with Gasteiger partial charge in [0.05, 0.1) is 11.3 Å². The van der Waals surface area contributed by atoms with Crippen LogP contribution in [0.1, 0.15) is 10.4 Å². The molecular weight excluding hydrogens is 298 g/mol. The molecule has 1 aromatic heterocycles. The normalized spacial score (nSPS) is 10.8. The molecule has 0 bridgehead atoms. The minimum Gasteiger partial charge on any atom is -0.360 e. The van der Waals surface area contributed by atoms with Gasteiger partial charge in [0.2, 0.25) is 0 Å². The van der Waals surface area contributed by atoms with E-state index in [0.29, 0.717) is 27.6 Å². The predicted octanol–water partition coefficient (Wildman–Crippen LogP) is 4.35. The first-order chi connectivity index (χ1) is 10.0. The van der Waals surface area contributed by atoms with Gasteiger partial charge in [-0.1, -0.05) is 17.7 Å². The molecule has 0 aliphatic carbocycles. The van der Waals surface area contributed by atoms with Crippen molar-refractivity contribution in [1.82, 2.24) is 4.98 Å². The van der Waals surface area contributed by atoms with Crippen LogP contribution in [-0.2, 0) is 0 Å². The number of aromatic amines is 1. The van der Waals surface area contributed by atoms with E-state index in [2.05, 4.69) is 10.3 Å². The predicted molar refractivity (Wildman–Crippen MR) is 77.6 cm³/mol. The summed E-state index contributed by atoms with van der Waals surface area (Å²) >= 11 is 5.87. The topological polar surface area (TPSA) is 44.9 Å². The van der Waals surface area contributed by atoms with Crippen molar-refractivity contribution < 1.29 is 13.6 Å². The lowest BCUT2D eigenvalue weighted by Crippen LogP contribution is -2.12. The molecule has 2 N–H and O–H groups in total. The Labute approximate surface area is 123 Å². The van der Waals surface area contributed by atoms with Gasteiger partial charge in [-0.15, -0.1) is 0 Å². The van der Waals surface area contributed by atoms with Gasteiger partial charge < -0.3 is 10.3 Å². The van der Waals surface area contributed by atoms with Crippen LogP contribution in [0.25, 0.3) is 10.9 Å². The number of nitrogens with one attached hydrogen (secondary N) is 2. The quantitative estimate of drug-likeness (QED) is 0.726. The van der Waals surface area contributed by atoms with Gasteiger partial charge in [0.25, 0.3) is 5.91 Å². The van der Waals surface area contributed by atoms with E-state index in [1.54, 1.807) is 18.2 Å². The van der Waals surface area contributed by atoms with Crippen molar-refractivity contribution in [3.63, 3.8) is 0 Å². The first-order valence-corrected chi connectivity index (χ1v) is 6.45.